The van der Waals surface area contributed by atoms with E-state index in [9.17, 15) is 0 Å². The molecule has 0 amide bonds. The first-order valence-electron chi connectivity index (χ1n) is 8.41. The molecule has 2 fully saturated rings. The minimum Gasteiger partial charge on any atom is -0.316 e. The molecule has 0 aromatic rings. The van der Waals surface area contributed by atoms with Gasteiger partial charge in [-0.25, -0.2) is 0 Å². The SMILES string of the molecule is CCCC1CCC(CNCC(C)C)C(C2CC2)C1. The first-order valence-corrected chi connectivity index (χ1v) is 8.41. The highest BCUT2D eigenvalue weighted by molar-refractivity contribution is 4.91. The second-order valence-corrected chi connectivity index (χ2v) is 7.28. The highest BCUT2D eigenvalue weighted by atomic mass is 14.9. The van der Waals surface area contributed by atoms with Crippen molar-refractivity contribution in [2.45, 2.75) is 65.7 Å². The van der Waals surface area contributed by atoms with E-state index in [0.717, 1.165) is 29.6 Å². The molecule has 3 atom stereocenters. The van der Waals surface area contributed by atoms with Gasteiger partial charge in [0.25, 0.3) is 0 Å². The summed E-state index contributed by atoms with van der Waals surface area (Å²) in [5.41, 5.74) is 0. The summed E-state index contributed by atoms with van der Waals surface area (Å²) in [6.45, 7) is 9.46. The average Bonchev–Trinajstić information content (AvgIpc) is 3.14. The zero-order valence-electron chi connectivity index (χ0n) is 12.8. The Kier molecular flexibility index (Phi) is 5.54. The first kappa shape index (κ1) is 14.4. The number of rotatable bonds is 7. The highest BCUT2D eigenvalue weighted by Crippen LogP contribution is 2.48. The van der Waals surface area contributed by atoms with Crippen LogP contribution in [0.5, 0.6) is 0 Å². The molecular formula is C17H33N. The standard InChI is InChI=1S/C17H33N/c1-4-5-14-6-7-16(12-18-11-13(2)3)17(10-14)15-8-9-15/h13-18H,4-12H2,1-3H3. The molecule has 3 unspecified atom stereocenters. The van der Waals surface area contributed by atoms with Crippen LogP contribution in [0.1, 0.15) is 65.7 Å². The van der Waals surface area contributed by atoms with Crippen LogP contribution in [0.15, 0.2) is 0 Å². The summed E-state index contributed by atoms with van der Waals surface area (Å²) in [7, 11) is 0. The first-order chi connectivity index (χ1) is 8.70. The molecule has 0 aromatic carbocycles. The molecule has 1 N–H and O–H groups in total. The summed E-state index contributed by atoms with van der Waals surface area (Å²) >= 11 is 0. The minimum absolute atomic E-state index is 0.792. The third-order valence-corrected chi connectivity index (χ3v) is 5.04. The van der Waals surface area contributed by atoms with Crippen LogP contribution in [0.25, 0.3) is 0 Å². The molecule has 106 valence electrons. The van der Waals surface area contributed by atoms with E-state index in [1.54, 1.807) is 6.42 Å². The molecule has 0 saturated heterocycles. The third kappa shape index (κ3) is 4.26. The van der Waals surface area contributed by atoms with Gasteiger partial charge in [-0.15, -0.1) is 0 Å². The van der Waals surface area contributed by atoms with E-state index in [1.165, 1.54) is 51.6 Å². The Bertz CT molecular complexity index is 232. The minimum atomic E-state index is 0.792. The summed E-state index contributed by atoms with van der Waals surface area (Å²) < 4.78 is 0. The lowest BCUT2D eigenvalue weighted by Gasteiger charge is -2.37. The van der Waals surface area contributed by atoms with Gasteiger partial charge in [0, 0.05) is 0 Å². The molecule has 1 nitrogen and oxygen atoms in total. The van der Waals surface area contributed by atoms with E-state index >= 15 is 0 Å². The Balaban J connectivity index is 1.78. The van der Waals surface area contributed by atoms with E-state index in [2.05, 4.69) is 26.1 Å². The lowest BCUT2D eigenvalue weighted by atomic mass is 9.70. The van der Waals surface area contributed by atoms with Crippen LogP contribution < -0.4 is 5.32 Å². The monoisotopic (exact) mass is 251 g/mol. The van der Waals surface area contributed by atoms with Gasteiger partial charge in [-0.2, -0.15) is 0 Å². The van der Waals surface area contributed by atoms with Crippen molar-refractivity contribution in [1.82, 2.24) is 5.32 Å². The molecule has 0 aliphatic heterocycles. The summed E-state index contributed by atoms with van der Waals surface area (Å²) in [4.78, 5) is 0. The number of nitrogens with one attached hydrogen (secondary N) is 1. The molecule has 0 bridgehead atoms. The molecule has 0 radical (unpaired) electrons. The fraction of sp³-hybridized carbons (Fsp3) is 1.00. The summed E-state index contributed by atoms with van der Waals surface area (Å²) in [6, 6.07) is 0. The molecule has 1 heteroatoms. The lowest BCUT2D eigenvalue weighted by Crippen LogP contribution is -2.35. The average molecular weight is 251 g/mol. The van der Waals surface area contributed by atoms with E-state index in [4.69, 9.17) is 0 Å². The van der Waals surface area contributed by atoms with Crippen LogP contribution >= 0.6 is 0 Å². The zero-order chi connectivity index (χ0) is 13.0. The molecule has 2 rings (SSSR count). The predicted molar refractivity (Wildman–Crippen MR) is 79.7 cm³/mol. The molecule has 2 aliphatic carbocycles. The Labute approximate surface area is 114 Å². The molecule has 0 aromatic heterocycles. The Morgan fingerprint density at radius 2 is 1.89 bits per heavy atom. The number of hydrogen-bond donors (Lipinski definition) is 1. The Morgan fingerprint density at radius 3 is 2.50 bits per heavy atom. The second kappa shape index (κ2) is 6.93. The van der Waals surface area contributed by atoms with Crippen molar-refractivity contribution in [2.24, 2.45) is 29.6 Å². The van der Waals surface area contributed by atoms with Crippen molar-refractivity contribution in [3.05, 3.63) is 0 Å². The molecule has 0 heterocycles. The smallest absolute Gasteiger partial charge is 0.00176 e. The fourth-order valence-electron chi connectivity index (χ4n) is 3.94. The van der Waals surface area contributed by atoms with Gasteiger partial charge in [-0.3, -0.25) is 0 Å². The number of hydrogen-bond acceptors (Lipinski definition) is 1. The van der Waals surface area contributed by atoms with Crippen LogP contribution in [0.3, 0.4) is 0 Å². The van der Waals surface area contributed by atoms with Crippen LogP contribution in [-0.2, 0) is 0 Å². The largest absolute Gasteiger partial charge is 0.316 e. The molecular weight excluding hydrogens is 218 g/mol. The van der Waals surface area contributed by atoms with Crippen molar-refractivity contribution in [3.8, 4) is 0 Å². The fourth-order valence-corrected chi connectivity index (χ4v) is 3.94. The van der Waals surface area contributed by atoms with Crippen molar-refractivity contribution >= 4 is 0 Å². The van der Waals surface area contributed by atoms with Gasteiger partial charge in [0.1, 0.15) is 0 Å². The van der Waals surface area contributed by atoms with Crippen LogP contribution in [0.4, 0.5) is 0 Å². The van der Waals surface area contributed by atoms with Crippen molar-refractivity contribution in [1.29, 1.82) is 0 Å². The van der Waals surface area contributed by atoms with E-state index in [1.807, 2.05) is 0 Å². The molecule has 18 heavy (non-hydrogen) atoms. The summed E-state index contributed by atoms with van der Waals surface area (Å²) in [5.74, 6) is 5.01. The normalized spacial score (nSPS) is 33.0. The van der Waals surface area contributed by atoms with E-state index in [-0.39, 0.29) is 0 Å². The van der Waals surface area contributed by atoms with Gasteiger partial charge in [0.2, 0.25) is 0 Å². The summed E-state index contributed by atoms with van der Waals surface area (Å²) in [5, 5.41) is 3.71. The van der Waals surface area contributed by atoms with Crippen LogP contribution in [-0.4, -0.2) is 13.1 Å². The van der Waals surface area contributed by atoms with Gasteiger partial charge < -0.3 is 5.32 Å². The maximum Gasteiger partial charge on any atom is -0.00176 e. The predicted octanol–water partition coefficient (Wildman–Crippen LogP) is 4.47. The zero-order valence-corrected chi connectivity index (χ0v) is 12.8. The van der Waals surface area contributed by atoms with Gasteiger partial charge in [-0.1, -0.05) is 40.0 Å². The van der Waals surface area contributed by atoms with Crippen molar-refractivity contribution < 1.29 is 0 Å². The molecule has 2 saturated carbocycles. The van der Waals surface area contributed by atoms with Crippen LogP contribution in [0, 0.1) is 29.6 Å². The van der Waals surface area contributed by atoms with Crippen LogP contribution in [0.2, 0.25) is 0 Å². The topological polar surface area (TPSA) is 12.0 Å². The lowest BCUT2D eigenvalue weighted by molar-refractivity contribution is 0.148. The maximum absolute atomic E-state index is 3.71. The highest BCUT2D eigenvalue weighted by Gasteiger charge is 2.39. The van der Waals surface area contributed by atoms with Crippen molar-refractivity contribution in [2.75, 3.05) is 13.1 Å². The van der Waals surface area contributed by atoms with Gasteiger partial charge >= 0.3 is 0 Å². The van der Waals surface area contributed by atoms with E-state index in [0.29, 0.717) is 0 Å². The third-order valence-electron chi connectivity index (χ3n) is 5.04. The molecule has 0 spiro atoms. The quantitative estimate of drug-likeness (QED) is 0.703. The Hall–Kier alpha value is -0.0400. The van der Waals surface area contributed by atoms with Gasteiger partial charge in [0.15, 0.2) is 0 Å². The summed E-state index contributed by atoms with van der Waals surface area (Å²) in [6.07, 6.45) is 10.5. The van der Waals surface area contributed by atoms with Gasteiger partial charge in [-0.05, 0) is 68.4 Å². The van der Waals surface area contributed by atoms with Crippen molar-refractivity contribution in [3.63, 3.8) is 0 Å². The van der Waals surface area contributed by atoms with Gasteiger partial charge in [0.05, 0.1) is 0 Å². The second-order valence-electron chi connectivity index (χ2n) is 7.28. The molecule has 2 aliphatic rings. The maximum atomic E-state index is 3.71. The van der Waals surface area contributed by atoms with E-state index < -0.39 is 0 Å². The Morgan fingerprint density at radius 1 is 1.11 bits per heavy atom.